The van der Waals surface area contributed by atoms with E-state index in [0.717, 1.165) is 16.0 Å². The maximum atomic E-state index is 3.92. The van der Waals surface area contributed by atoms with Gasteiger partial charge >= 0.3 is 0 Å². The van der Waals surface area contributed by atoms with Gasteiger partial charge in [0.25, 0.3) is 0 Å². The van der Waals surface area contributed by atoms with Crippen molar-refractivity contribution in [3.05, 3.63) is 0 Å². The zero-order valence-corrected chi connectivity index (χ0v) is 7.55. The topological polar surface area (TPSA) is 37.8 Å². The van der Waals surface area contributed by atoms with Crippen molar-refractivity contribution in [2.45, 2.75) is 11.3 Å². The molecule has 0 aliphatic carbocycles. The lowest BCUT2D eigenvalue weighted by Gasteiger charge is -1.90. The van der Waals surface area contributed by atoms with E-state index in [-0.39, 0.29) is 0 Å². The Labute approximate surface area is 68.2 Å². The van der Waals surface area contributed by atoms with E-state index >= 15 is 0 Å². The largest absolute Gasteiger partial charge is 0.360 e. The first-order valence-electron chi connectivity index (χ1n) is 2.98. The highest BCUT2D eigenvalue weighted by Crippen LogP contribution is 2.22. The smallest absolute Gasteiger partial charge is 0.206 e. The molecule has 1 aromatic heterocycles. The van der Waals surface area contributed by atoms with Gasteiger partial charge < -0.3 is 5.32 Å². The highest BCUT2D eigenvalue weighted by atomic mass is 32.2. The van der Waals surface area contributed by atoms with E-state index in [2.05, 4.69) is 15.5 Å². The summed E-state index contributed by atoms with van der Waals surface area (Å²) >= 11 is 3.21. The molecule has 0 bridgehead atoms. The number of hydrogen-bond donors (Lipinski definition) is 1. The van der Waals surface area contributed by atoms with Gasteiger partial charge in [-0.25, -0.2) is 0 Å². The third-order valence-corrected chi connectivity index (χ3v) is 2.77. The van der Waals surface area contributed by atoms with E-state index in [1.807, 2.05) is 13.2 Å². The average Bonchev–Trinajstić information content (AvgIpc) is 2.37. The highest BCUT2D eigenvalue weighted by molar-refractivity contribution is 8.00. The van der Waals surface area contributed by atoms with Crippen LogP contribution in [0.15, 0.2) is 4.34 Å². The normalized spacial score (nSPS) is 9.80. The number of thioether (sulfide) groups is 1. The van der Waals surface area contributed by atoms with Crippen LogP contribution in [0.5, 0.6) is 0 Å². The zero-order valence-electron chi connectivity index (χ0n) is 5.92. The molecule has 0 amide bonds. The molecule has 0 saturated carbocycles. The van der Waals surface area contributed by atoms with Crippen LogP contribution in [0.2, 0.25) is 0 Å². The minimum atomic E-state index is 0.906. The summed E-state index contributed by atoms with van der Waals surface area (Å²) in [5, 5.41) is 11.8. The van der Waals surface area contributed by atoms with Gasteiger partial charge in [0.05, 0.1) is 0 Å². The van der Waals surface area contributed by atoms with Gasteiger partial charge in [-0.2, -0.15) is 0 Å². The maximum absolute atomic E-state index is 3.92. The van der Waals surface area contributed by atoms with E-state index < -0.39 is 0 Å². The van der Waals surface area contributed by atoms with Crippen molar-refractivity contribution in [3.8, 4) is 0 Å². The van der Waals surface area contributed by atoms with E-state index in [1.165, 1.54) is 0 Å². The second-order valence-corrected chi connectivity index (χ2v) is 3.64. The summed E-state index contributed by atoms with van der Waals surface area (Å²) in [4.78, 5) is 0. The van der Waals surface area contributed by atoms with Gasteiger partial charge in [0, 0.05) is 6.54 Å². The fourth-order valence-electron chi connectivity index (χ4n) is 0.515. The second kappa shape index (κ2) is 3.78. The fourth-order valence-corrected chi connectivity index (χ4v) is 1.75. The Morgan fingerprint density at radius 3 is 2.90 bits per heavy atom. The first-order valence-corrected chi connectivity index (χ1v) is 5.02. The Bertz CT molecular complexity index is 199. The van der Waals surface area contributed by atoms with Crippen LogP contribution < -0.4 is 5.32 Å². The fraction of sp³-hybridized carbons (Fsp3) is 0.600. The first-order chi connectivity index (χ1) is 4.86. The van der Waals surface area contributed by atoms with Crippen LogP contribution in [-0.2, 0) is 0 Å². The molecule has 1 N–H and O–H groups in total. The molecule has 0 spiro atoms. The Morgan fingerprint density at radius 2 is 2.40 bits per heavy atom. The van der Waals surface area contributed by atoms with Crippen molar-refractivity contribution >= 4 is 28.2 Å². The standard InChI is InChI=1S/C5H9N3S2/c1-3-6-4-7-8-5(9-2)10-4/h3H2,1-2H3,(H,6,7). The second-order valence-electron chi connectivity index (χ2n) is 1.61. The molecule has 1 heterocycles. The Hall–Kier alpha value is -0.290. The highest BCUT2D eigenvalue weighted by Gasteiger charge is 1.98. The molecule has 1 aromatic rings. The van der Waals surface area contributed by atoms with Gasteiger partial charge in [-0.1, -0.05) is 23.1 Å². The average molecular weight is 175 g/mol. The molecule has 0 aromatic carbocycles. The molecule has 0 unspecified atom stereocenters. The molecule has 0 radical (unpaired) electrons. The summed E-state index contributed by atoms with van der Waals surface area (Å²) in [6.07, 6.45) is 2.00. The summed E-state index contributed by atoms with van der Waals surface area (Å²) in [5.74, 6) is 0. The number of anilines is 1. The lowest BCUT2D eigenvalue weighted by Crippen LogP contribution is -1.94. The summed E-state index contributed by atoms with van der Waals surface area (Å²) < 4.78 is 1.01. The van der Waals surface area contributed by atoms with Gasteiger partial charge in [0.15, 0.2) is 4.34 Å². The van der Waals surface area contributed by atoms with Crippen LogP contribution in [0.3, 0.4) is 0 Å². The van der Waals surface area contributed by atoms with Gasteiger partial charge in [0.1, 0.15) is 0 Å². The lowest BCUT2D eigenvalue weighted by atomic mass is 10.8. The quantitative estimate of drug-likeness (QED) is 0.709. The Morgan fingerprint density at radius 1 is 1.60 bits per heavy atom. The van der Waals surface area contributed by atoms with Gasteiger partial charge in [-0.05, 0) is 13.2 Å². The number of nitrogens with zero attached hydrogens (tertiary/aromatic N) is 2. The molecule has 10 heavy (non-hydrogen) atoms. The number of hydrogen-bond acceptors (Lipinski definition) is 5. The van der Waals surface area contributed by atoms with Crippen molar-refractivity contribution in [3.63, 3.8) is 0 Å². The predicted octanol–water partition coefficient (Wildman–Crippen LogP) is 1.69. The summed E-state index contributed by atoms with van der Waals surface area (Å²) in [7, 11) is 0. The predicted molar refractivity (Wildman–Crippen MR) is 45.9 cm³/mol. The lowest BCUT2D eigenvalue weighted by molar-refractivity contribution is 1.00. The molecular weight excluding hydrogens is 166 g/mol. The number of nitrogens with one attached hydrogen (secondary N) is 1. The first kappa shape index (κ1) is 7.81. The SMILES string of the molecule is CCNc1nnc(SC)s1. The third-order valence-electron chi connectivity index (χ3n) is 0.909. The molecule has 0 saturated heterocycles. The van der Waals surface area contributed by atoms with E-state index in [1.54, 1.807) is 23.1 Å². The van der Waals surface area contributed by atoms with Gasteiger partial charge in [-0.15, -0.1) is 10.2 Å². The molecule has 1 rings (SSSR count). The summed E-state index contributed by atoms with van der Waals surface area (Å²) in [5.41, 5.74) is 0. The van der Waals surface area contributed by atoms with Crippen molar-refractivity contribution < 1.29 is 0 Å². The van der Waals surface area contributed by atoms with Crippen molar-refractivity contribution in [2.24, 2.45) is 0 Å². The van der Waals surface area contributed by atoms with Gasteiger partial charge in [-0.3, -0.25) is 0 Å². The van der Waals surface area contributed by atoms with E-state index in [9.17, 15) is 0 Å². The minimum Gasteiger partial charge on any atom is -0.360 e. The zero-order chi connectivity index (χ0) is 7.40. The van der Waals surface area contributed by atoms with Crippen LogP contribution in [0, 0.1) is 0 Å². The van der Waals surface area contributed by atoms with Crippen molar-refractivity contribution in [1.82, 2.24) is 10.2 Å². The van der Waals surface area contributed by atoms with Gasteiger partial charge in [0.2, 0.25) is 5.13 Å². The maximum Gasteiger partial charge on any atom is 0.206 e. The number of rotatable bonds is 3. The van der Waals surface area contributed by atoms with Crippen LogP contribution >= 0.6 is 23.1 Å². The van der Waals surface area contributed by atoms with Crippen LogP contribution in [0.25, 0.3) is 0 Å². The van der Waals surface area contributed by atoms with E-state index in [0.29, 0.717) is 0 Å². The molecule has 0 aliphatic rings. The monoisotopic (exact) mass is 175 g/mol. The molecule has 0 atom stereocenters. The Balaban J connectivity index is 2.59. The van der Waals surface area contributed by atoms with Crippen molar-refractivity contribution in [1.29, 1.82) is 0 Å². The molecule has 0 fully saturated rings. The molecule has 56 valence electrons. The van der Waals surface area contributed by atoms with Crippen molar-refractivity contribution in [2.75, 3.05) is 18.1 Å². The van der Waals surface area contributed by atoms with Crippen LogP contribution in [0.4, 0.5) is 5.13 Å². The Kier molecular flexibility index (Phi) is 2.95. The minimum absolute atomic E-state index is 0.906. The van der Waals surface area contributed by atoms with Crippen LogP contribution in [0.1, 0.15) is 6.92 Å². The summed E-state index contributed by atoms with van der Waals surface area (Å²) in [6.45, 7) is 2.95. The third kappa shape index (κ3) is 1.85. The number of aromatic nitrogens is 2. The van der Waals surface area contributed by atoms with Crippen LogP contribution in [-0.4, -0.2) is 23.0 Å². The molecule has 3 nitrogen and oxygen atoms in total. The van der Waals surface area contributed by atoms with E-state index in [4.69, 9.17) is 0 Å². The molecular formula is C5H9N3S2. The molecule has 0 aliphatic heterocycles. The summed E-state index contributed by atoms with van der Waals surface area (Å²) in [6, 6.07) is 0. The molecule has 5 heteroatoms.